The van der Waals surface area contributed by atoms with Crippen molar-refractivity contribution in [1.29, 1.82) is 0 Å². The average Bonchev–Trinajstić information content (AvgIpc) is 3.11. The number of aliphatic carboxylic acids is 1. The summed E-state index contributed by atoms with van der Waals surface area (Å²) in [6.45, 7) is 3.56. The van der Waals surface area contributed by atoms with Gasteiger partial charge in [0, 0.05) is 19.4 Å². The van der Waals surface area contributed by atoms with Crippen molar-refractivity contribution in [1.82, 2.24) is 19.7 Å². The summed E-state index contributed by atoms with van der Waals surface area (Å²) in [5, 5.41) is 15.8. The van der Waals surface area contributed by atoms with Gasteiger partial charge >= 0.3 is 5.97 Å². The van der Waals surface area contributed by atoms with Crippen LogP contribution in [-0.4, -0.2) is 37.4 Å². The highest BCUT2D eigenvalue weighted by Gasteiger charge is 2.23. The van der Waals surface area contributed by atoms with Gasteiger partial charge in [0.25, 0.3) is 5.91 Å². The average molecular weight is 302 g/mol. The minimum absolute atomic E-state index is 0.295. The predicted molar refractivity (Wildman–Crippen MR) is 80.9 cm³/mol. The lowest BCUT2D eigenvalue weighted by molar-refractivity contribution is -0.139. The minimum Gasteiger partial charge on any atom is -0.480 e. The van der Waals surface area contributed by atoms with E-state index in [9.17, 15) is 14.7 Å². The molecule has 0 spiro atoms. The smallest absolute Gasteiger partial charge is 0.326 e. The first-order chi connectivity index (χ1) is 10.5. The van der Waals surface area contributed by atoms with Crippen LogP contribution in [0.3, 0.4) is 0 Å². The van der Waals surface area contributed by atoms with Crippen molar-refractivity contribution in [2.45, 2.75) is 18.9 Å². The molecule has 0 aliphatic heterocycles. The van der Waals surface area contributed by atoms with Crippen molar-refractivity contribution in [2.75, 3.05) is 0 Å². The van der Waals surface area contributed by atoms with Crippen LogP contribution in [0.15, 0.2) is 43.4 Å². The quantitative estimate of drug-likeness (QED) is 0.756. The molecule has 7 nitrogen and oxygen atoms in total. The summed E-state index contributed by atoms with van der Waals surface area (Å²) in [6.07, 6.45) is 7.44. The molecule has 0 fully saturated rings. The Kier molecular flexibility index (Phi) is 4.77. The summed E-state index contributed by atoms with van der Waals surface area (Å²) >= 11 is 0. The van der Waals surface area contributed by atoms with Gasteiger partial charge in [-0.3, -0.25) is 9.48 Å². The van der Waals surface area contributed by atoms with Crippen LogP contribution < -0.4 is 5.32 Å². The van der Waals surface area contributed by atoms with Gasteiger partial charge in [-0.05, 0) is 25.0 Å². The van der Waals surface area contributed by atoms with Crippen LogP contribution in [0.4, 0.5) is 0 Å². The Morgan fingerprint density at radius 3 is 2.73 bits per heavy atom. The number of carbonyl (C=O) groups is 2. The molecule has 1 amide bonds. The number of hydrogen-bond acceptors (Lipinski definition) is 3. The summed E-state index contributed by atoms with van der Waals surface area (Å²) in [5.74, 6) is -0.953. The van der Waals surface area contributed by atoms with Gasteiger partial charge in [-0.2, -0.15) is 5.10 Å². The Morgan fingerprint density at radius 1 is 1.45 bits per heavy atom. The largest absolute Gasteiger partial charge is 0.480 e. The molecule has 0 saturated carbocycles. The molecule has 2 N–H and O–H groups in total. The summed E-state index contributed by atoms with van der Waals surface area (Å²) < 4.78 is 3.32. The number of amides is 1. The molecule has 2 aromatic rings. The zero-order valence-electron chi connectivity index (χ0n) is 12.3. The van der Waals surface area contributed by atoms with Crippen molar-refractivity contribution < 1.29 is 14.7 Å². The number of hydrogen-bond donors (Lipinski definition) is 2. The molecule has 0 aliphatic rings. The molecule has 2 rings (SSSR count). The summed E-state index contributed by atoms with van der Waals surface area (Å²) in [5.41, 5.74) is 0.323. The molecule has 1 unspecified atom stereocenters. The third-order valence-electron chi connectivity index (χ3n) is 3.26. The summed E-state index contributed by atoms with van der Waals surface area (Å²) in [7, 11) is 1.72. The van der Waals surface area contributed by atoms with Crippen LogP contribution >= 0.6 is 0 Å². The van der Waals surface area contributed by atoms with Crippen LogP contribution in [0.2, 0.25) is 0 Å². The number of carboxylic acids is 1. The zero-order chi connectivity index (χ0) is 16.1. The van der Waals surface area contributed by atoms with Crippen LogP contribution in [0.25, 0.3) is 5.82 Å². The Hall–Kier alpha value is -2.83. The maximum atomic E-state index is 12.4. The van der Waals surface area contributed by atoms with E-state index in [-0.39, 0.29) is 0 Å². The van der Waals surface area contributed by atoms with E-state index in [2.05, 4.69) is 17.0 Å². The summed E-state index contributed by atoms with van der Waals surface area (Å²) in [4.78, 5) is 23.6. The Morgan fingerprint density at radius 2 is 2.14 bits per heavy atom. The second-order valence-electron chi connectivity index (χ2n) is 4.83. The van der Waals surface area contributed by atoms with Crippen molar-refractivity contribution >= 4 is 11.9 Å². The third-order valence-corrected chi connectivity index (χ3v) is 3.26. The number of aryl methyl sites for hydroxylation is 1. The number of allylic oxidation sites excluding steroid dienone is 1. The normalized spacial score (nSPS) is 11.9. The SMILES string of the molecule is C=CCCC(NC(=O)c1cnn(C)c1-n1cccc1)C(=O)O. The third kappa shape index (κ3) is 3.25. The van der Waals surface area contributed by atoms with Crippen molar-refractivity contribution in [3.8, 4) is 5.82 Å². The first kappa shape index (κ1) is 15.6. The van der Waals surface area contributed by atoms with Gasteiger partial charge in [-0.1, -0.05) is 6.08 Å². The molecule has 0 aliphatic carbocycles. The van der Waals surface area contributed by atoms with Crippen LogP contribution in [-0.2, 0) is 11.8 Å². The monoisotopic (exact) mass is 302 g/mol. The molecule has 0 saturated heterocycles. The minimum atomic E-state index is -1.07. The highest BCUT2D eigenvalue weighted by molar-refractivity contribution is 5.99. The fraction of sp³-hybridized carbons (Fsp3) is 0.267. The standard InChI is InChI=1S/C15H18N4O3/c1-3-4-7-12(15(21)22)17-13(20)11-10-16-18(2)14(11)19-8-5-6-9-19/h3,5-6,8-10,12H,1,4,7H2,2H3,(H,17,20)(H,21,22). The van der Waals surface area contributed by atoms with Gasteiger partial charge in [-0.25, -0.2) is 4.79 Å². The number of nitrogens with one attached hydrogen (secondary N) is 1. The van der Waals surface area contributed by atoms with Crippen molar-refractivity contribution in [2.24, 2.45) is 7.05 Å². The van der Waals surface area contributed by atoms with Crippen LogP contribution in [0, 0.1) is 0 Å². The molecule has 2 heterocycles. The van der Waals surface area contributed by atoms with Gasteiger partial charge in [0.1, 0.15) is 17.4 Å². The molecule has 7 heteroatoms. The van der Waals surface area contributed by atoms with E-state index in [1.807, 2.05) is 12.1 Å². The fourth-order valence-electron chi connectivity index (χ4n) is 2.15. The molecule has 0 bridgehead atoms. The second kappa shape index (κ2) is 6.75. The van der Waals surface area contributed by atoms with E-state index >= 15 is 0 Å². The van der Waals surface area contributed by atoms with Gasteiger partial charge in [0.05, 0.1) is 6.20 Å². The molecule has 0 aromatic carbocycles. The van der Waals surface area contributed by atoms with Gasteiger partial charge in [-0.15, -0.1) is 6.58 Å². The molecular formula is C15H18N4O3. The molecule has 1 atom stereocenters. The Balaban J connectivity index is 2.23. The molecular weight excluding hydrogens is 284 g/mol. The first-order valence-electron chi connectivity index (χ1n) is 6.84. The van der Waals surface area contributed by atoms with Gasteiger partial charge in [0.15, 0.2) is 0 Å². The van der Waals surface area contributed by atoms with E-state index < -0.39 is 17.9 Å². The number of rotatable bonds is 7. The lowest BCUT2D eigenvalue weighted by Gasteiger charge is -2.14. The fourth-order valence-corrected chi connectivity index (χ4v) is 2.15. The maximum Gasteiger partial charge on any atom is 0.326 e. The maximum absolute atomic E-state index is 12.4. The number of aromatic nitrogens is 3. The molecule has 0 radical (unpaired) electrons. The highest BCUT2D eigenvalue weighted by Crippen LogP contribution is 2.14. The lowest BCUT2D eigenvalue weighted by Crippen LogP contribution is -2.40. The van der Waals surface area contributed by atoms with E-state index in [0.29, 0.717) is 24.2 Å². The highest BCUT2D eigenvalue weighted by atomic mass is 16.4. The van der Waals surface area contributed by atoms with Crippen LogP contribution in [0.1, 0.15) is 23.2 Å². The topological polar surface area (TPSA) is 89.2 Å². The molecule has 2 aromatic heterocycles. The predicted octanol–water partition coefficient (Wildman–Crippen LogP) is 1.36. The van der Waals surface area contributed by atoms with E-state index in [4.69, 9.17) is 0 Å². The van der Waals surface area contributed by atoms with E-state index in [0.717, 1.165) is 0 Å². The summed E-state index contributed by atoms with van der Waals surface area (Å²) in [6, 6.07) is 2.71. The number of carboxylic acid groups (broad SMARTS) is 1. The first-order valence-corrected chi connectivity index (χ1v) is 6.84. The van der Waals surface area contributed by atoms with E-state index in [1.54, 1.807) is 34.8 Å². The second-order valence-corrected chi connectivity index (χ2v) is 4.83. The molecule has 116 valence electrons. The zero-order valence-corrected chi connectivity index (χ0v) is 12.3. The lowest BCUT2D eigenvalue weighted by atomic mass is 10.1. The van der Waals surface area contributed by atoms with Crippen molar-refractivity contribution in [3.05, 3.63) is 48.9 Å². The number of carbonyl (C=O) groups excluding carboxylic acids is 1. The Labute approximate surface area is 127 Å². The van der Waals surface area contributed by atoms with Gasteiger partial charge < -0.3 is 15.0 Å². The van der Waals surface area contributed by atoms with Crippen LogP contribution in [0.5, 0.6) is 0 Å². The van der Waals surface area contributed by atoms with Gasteiger partial charge in [0.2, 0.25) is 0 Å². The molecule has 22 heavy (non-hydrogen) atoms. The van der Waals surface area contributed by atoms with Crippen molar-refractivity contribution in [3.63, 3.8) is 0 Å². The van der Waals surface area contributed by atoms with E-state index in [1.165, 1.54) is 6.20 Å². The number of nitrogens with zero attached hydrogens (tertiary/aromatic N) is 3. The Bertz CT molecular complexity index is 673.